The van der Waals surface area contributed by atoms with Gasteiger partial charge in [-0.15, -0.1) is 0 Å². The first-order valence-electron chi connectivity index (χ1n) is 7.28. The number of hydrogen-bond acceptors (Lipinski definition) is 3. The lowest BCUT2D eigenvalue weighted by Crippen LogP contribution is -2.47. The van der Waals surface area contributed by atoms with Crippen molar-refractivity contribution in [3.63, 3.8) is 0 Å². The Morgan fingerprint density at radius 3 is 2.60 bits per heavy atom. The molecule has 4 nitrogen and oxygen atoms in total. The van der Waals surface area contributed by atoms with Crippen LogP contribution in [0.2, 0.25) is 0 Å². The van der Waals surface area contributed by atoms with Gasteiger partial charge in [-0.2, -0.15) is 11.8 Å². The van der Waals surface area contributed by atoms with Gasteiger partial charge in [-0.05, 0) is 17.8 Å². The van der Waals surface area contributed by atoms with E-state index in [1.807, 2.05) is 0 Å². The minimum Gasteiger partial charge on any atom is -0.481 e. The molecule has 0 aliphatic carbocycles. The first-order valence-corrected chi connectivity index (χ1v) is 8.43. The fraction of sp³-hybridized carbons (Fsp3) is 0.867. The highest BCUT2D eigenvalue weighted by molar-refractivity contribution is 7.99. The van der Waals surface area contributed by atoms with Gasteiger partial charge in [-0.25, -0.2) is 0 Å². The SMILES string of the molecule is CC(CC(=O)N1CCSCC1CC(=O)O)CC(C)(C)C. The third-order valence-corrected chi connectivity index (χ3v) is 4.53. The smallest absolute Gasteiger partial charge is 0.305 e. The summed E-state index contributed by atoms with van der Waals surface area (Å²) < 4.78 is 0. The van der Waals surface area contributed by atoms with Crippen molar-refractivity contribution in [3.8, 4) is 0 Å². The number of carbonyl (C=O) groups excluding carboxylic acids is 1. The molecule has 1 N–H and O–H groups in total. The minimum atomic E-state index is -0.821. The summed E-state index contributed by atoms with van der Waals surface area (Å²) >= 11 is 1.74. The van der Waals surface area contributed by atoms with E-state index in [0.29, 0.717) is 18.9 Å². The van der Waals surface area contributed by atoms with Crippen molar-refractivity contribution in [2.75, 3.05) is 18.1 Å². The zero-order valence-electron chi connectivity index (χ0n) is 13.0. The maximum Gasteiger partial charge on any atom is 0.305 e. The molecule has 1 aliphatic heterocycles. The summed E-state index contributed by atoms with van der Waals surface area (Å²) in [7, 11) is 0. The molecule has 1 aliphatic rings. The number of thioether (sulfide) groups is 1. The Morgan fingerprint density at radius 2 is 2.05 bits per heavy atom. The van der Waals surface area contributed by atoms with Crippen LogP contribution in [0.3, 0.4) is 0 Å². The lowest BCUT2D eigenvalue weighted by Gasteiger charge is -2.35. The zero-order valence-corrected chi connectivity index (χ0v) is 13.8. The summed E-state index contributed by atoms with van der Waals surface area (Å²) in [5.74, 6) is 1.29. The molecule has 20 heavy (non-hydrogen) atoms. The van der Waals surface area contributed by atoms with Gasteiger partial charge in [0, 0.05) is 24.5 Å². The molecule has 0 spiro atoms. The average Bonchev–Trinajstić information content (AvgIpc) is 2.25. The molecule has 1 fully saturated rings. The number of nitrogens with zero attached hydrogens (tertiary/aromatic N) is 1. The van der Waals surface area contributed by atoms with E-state index in [1.54, 1.807) is 16.7 Å². The highest BCUT2D eigenvalue weighted by atomic mass is 32.2. The number of carboxylic acid groups (broad SMARTS) is 1. The van der Waals surface area contributed by atoms with E-state index in [2.05, 4.69) is 27.7 Å². The molecule has 0 aromatic rings. The van der Waals surface area contributed by atoms with Crippen molar-refractivity contribution in [3.05, 3.63) is 0 Å². The standard InChI is InChI=1S/C15H27NO3S/c1-11(9-15(2,3)4)7-13(17)16-5-6-20-10-12(16)8-14(18)19/h11-12H,5-10H2,1-4H3,(H,18,19). The molecule has 0 saturated carbocycles. The minimum absolute atomic E-state index is 0.0619. The highest BCUT2D eigenvalue weighted by Gasteiger charge is 2.30. The van der Waals surface area contributed by atoms with E-state index in [-0.39, 0.29) is 23.8 Å². The molecule has 1 heterocycles. The normalized spacial score (nSPS) is 21.6. The van der Waals surface area contributed by atoms with Crippen molar-refractivity contribution in [2.24, 2.45) is 11.3 Å². The second-order valence-electron chi connectivity index (χ2n) is 6.99. The van der Waals surface area contributed by atoms with E-state index >= 15 is 0 Å². The van der Waals surface area contributed by atoms with Gasteiger partial charge in [-0.1, -0.05) is 27.7 Å². The van der Waals surface area contributed by atoms with E-state index in [4.69, 9.17) is 5.11 Å². The van der Waals surface area contributed by atoms with Crippen molar-refractivity contribution >= 4 is 23.6 Å². The Labute approximate surface area is 126 Å². The van der Waals surface area contributed by atoms with Gasteiger partial charge >= 0.3 is 5.97 Å². The van der Waals surface area contributed by atoms with Gasteiger partial charge in [0.2, 0.25) is 5.91 Å². The van der Waals surface area contributed by atoms with Crippen molar-refractivity contribution in [1.82, 2.24) is 4.90 Å². The molecular weight excluding hydrogens is 274 g/mol. The molecule has 116 valence electrons. The molecule has 0 radical (unpaired) electrons. The van der Waals surface area contributed by atoms with Crippen LogP contribution in [0.1, 0.15) is 47.0 Å². The molecule has 2 unspecified atom stereocenters. The second-order valence-corrected chi connectivity index (χ2v) is 8.14. The number of carbonyl (C=O) groups is 2. The van der Waals surface area contributed by atoms with Crippen LogP contribution < -0.4 is 0 Å². The summed E-state index contributed by atoms with van der Waals surface area (Å²) in [4.78, 5) is 25.1. The largest absolute Gasteiger partial charge is 0.481 e. The Morgan fingerprint density at radius 1 is 1.40 bits per heavy atom. The number of hydrogen-bond donors (Lipinski definition) is 1. The lowest BCUT2D eigenvalue weighted by molar-refractivity contribution is -0.140. The predicted octanol–water partition coefficient (Wildman–Crippen LogP) is 2.87. The van der Waals surface area contributed by atoms with Gasteiger partial charge < -0.3 is 10.0 Å². The third-order valence-electron chi connectivity index (χ3n) is 3.44. The molecule has 0 aromatic heterocycles. The molecule has 0 aromatic carbocycles. The summed E-state index contributed by atoms with van der Waals surface area (Å²) in [5, 5.41) is 8.95. The summed E-state index contributed by atoms with van der Waals surface area (Å²) in [6.07, 6.45) is 1.59. The maximum atomic E-state index is 12.4. The summed E-state index contributed by atoms with van der Waals surface area (Å²) in [6.45, 7) is 9.33. The average molecular weight is 301 g/mol. The van der Waals surface area contributed by atoms with E-state index in [1.165, 1.54) is 0 Å². The van der Waals surface area contributed by atoms with E-state index < -0.39 is 5.97 Å². The molecule has 1 rings (SSSR count). The molecule has 1 saturated heterocycles. The Hall–Kier alpha value is -0.710. The first kappa shape index (κ1) is 17.3. The molecule has 5 heteroatoms. The van der Waals surface area contributed by atoms with Crippen LogP contribution in [0, 0.1) is 11.3 Å². The molecular formula is C15H27NO3S. The topological polar surface area (TPSA) is 57.6 Å². The van der Waals surface area contributed by atoms with Crippen LogP contribution in [-0.2, 0) is 9.59 Å². The number of amides is 1. The maximum absolute atomic E-state index is 12.4. The lowest BCUT2D eigenvalue weighted by atomic mass is 9.84. The van der Waals surface area contributed by atoms with Crippen LogP contribution in [0.15, 0.2) is 0 Å². The van der Waals surface area contributed by atoms with E-state index in [0.717, 1.165) is 17.9 Å². The van der Waals surface area contributed by atoms with Gasteiger partial charge in [0.15, 0.2) is 0 Å². The van der Waals surface area contributed by atoms with Crippen LogP contribution in [0.4, 0.5) is 0 Å². The third kappa shape index (κ3) is 6.16. The summed E-state index contributed by atoms with van der Waals surface area (Å²) in [5.41, 5.74) is 0.220. The van der Waals surface area contributed by atoms with Crippen LogP contribution in [-0.4, -0.2) is 46.0 Å². The van der Waals surface area contributed by atoms with Gasteiger partial charge in [-0.3, -0.25) is 9.59 Å². The number of rotatable bonds is 5. The van der Waals surface area contributed by atoms with Crippen LogP contribution >= 0.6 is 11.8 Å². The summed E-state index contributed by atoms with van der Waals surface area (Å²) in [6, 6.07) is -0.138. The molecule has 1 amide bonds. The highest BCUT2D eigenvalue weighted by Crippen LogP contribution is 2.27. The molecule has 0 bridgehead atoms. The van der Waals surface area contributed by atoms with Gasteiger partial charge in [0.25, 0.3) is 0 Å². The molecule has 2 atom stereocenters. The predicted molar refractivity (Wildman–Crippen MR) is 82.9 cm³/mol. The van der Waals surface area contributed by atoms with E-state index in [9.17, 15) is 9.59 Å². The second kappa shape index (κ2) is 7.34. The number of aliphatic carboxylic acids is 1. The van der Waals surface area contributed by atoms with Crippen molar-refractivity contribution < 1.29 is 14.7 Å². The number of carboxylic acids is 1. The first-order chi connectivity index (χ1) is 9.19. The Kier molecular flexibility index (Phi) is 6.37. The van der Waals surface area contributed by atoms with Crippen molar-refractivity contribution in [2.45, 2.75) is 53.0 Å². The van der Waals surface area contributed by atoms with Crippen LogP contribution in [0.25, 0.3) is 0 Å². The fourth-order valence-electron chi connectivity index (χ4n) is 2.89. The van der Waals surface area contributed by atoms with Crippen molar-refractivity contribution in [1.29, 1.82) is 0 Å². The quantitative estimate of drug-likeness (QED) is 0.848. The van der Waals surface area contributed by atoms with Gasteiger partial charge in [0.1, 0.15) is 0 Å². The van der Waals surface area contributed by atoms with Gasteiger partial charge in [0.05, 0.1) is 12.5 Å². The Balaban J connectivity index is 2.57. The Bertz CT molecular complexity index is 352. The van der Waals surface area contributed by atoms with Crippen LogP contribution in [0.5, 0.6) is 0 Å². The monoisotopic (exact) mass is 301 g/mol. The fourth-order valence-corrected chi connectivity index (χ4v) is 3.95. The zero-order chi connectivity index (χ0) is 15.3.